The zero-order valence-corrected chi connectivity index (χ0v) is 12.6. The zero-order valence-electron chi connectivity index (χ0n) is 11.8. The van der Waals surface area contributed by atoms with Crippen LogP contribution in [0.1, 0.15) is 43.8 Å². The Balaban J connectivity index is 1.92. The van der Waals surface area contributed by atoms with Gasteiger partial charge in [0.25, 0.3) is 0 Å². The highest BCUT2D eigenvalue weighted by Crippen LogP contribution is 2.33. The van der Waals surface area contributed by atoms with Gasteiger partial charge in [0.15, 0.2) is 0 Å². The van der Waals surface area contributed by atoms with Crippen LogP contribution >= 0.6 is 11.3 Å². The molecule has 0 aromatic carbocycles. The first-order valence-electron chi connectivity index (χ1n) is 6.89. The number of aromatic nitrogens is 2. The molecule has 4 heteroatoms. The summed E-state index contributed by atoms with van der Waals surface area (Å²) < 4.78 is 2.18. The van der Waals surface area contributed by atoms with Crippen molar-refractivity contribution in [3.63, 3.8) is 0 Å². The number of anilines is 1. The van der Waals surface area contributed by atoms with Crippen LogP contribution in [-0.2, 0) is 6.42 Å². The minimum atomic E-state index is 0.281. The normalized spacial score (nSPS) is 19.0. The Morgan fingerprint density at radius 3 is 3.00 bits per heavy atom. The van der Waals surface area contributed by atoms with E-state index < -0.39 is 0 Å². The molecule has 0 aliphatic carbocycles. The summed E-state index contributed by atoms with van der Waals surface area (Å²) in [5.41, 5.74) is 1.47. The second kappa shape index (κ2) is 4.67. The van der Waals surface area contributed by atoms with Gasteiger partial charge in [0.2, 0.25) is 0 Å². The number of hydrogen-bond acceptors (Lipinski definition) is 3. The lowest BCUT2D eigenvalue weighted by Crippen LogP contribution is -2.23. The lowest BCUT2D eigenvalue weighted by Gasteiger charge is -2.24. The Morgan fingerprint density at radius 2 is 2.32 bits per heavy atom. The van der Waals surface area contributed by atoms with Gasteiger partial charge in [-0.05, 0) is 29.7 Å². The lowest BCUT2D eigenvalue weighted by atomic mass is 9.91. The molecule has 0 spiro atoms. The third kappa shape index (κ3) is 2.68. The molecule has 0 saturated heterocycles. The summed E-state index contributed by atoms with van der Waals surface area (Å²) in [7, 11) is 0. The molecule has 1 N–H and O–H groups in total. The number of nitrogens with one attached hydrogen (secondary N) is 1. The molecular weight excluding hydrogens is 254 g/mol. The van der Waals surface area contributed by atoms with Crippen LogP contribution in [0.4, 0.5) is 5.82 Å². The van der Waals surface area contributed by atoms with Gasteiger partial charge >= 0.3 is 0 Å². The van der Waals surface area contributed by atoms with Crippen molar-refractivity contribution >= 4 is 17.2 Å². The summed E-state index contributed by atoms with van der Waals surface area (Å²) in [6.45, 7) is 7.81. The average Bonchev–Trinajstić information content (AvgIpc) is 2.93. The van der Waals surface area contributed by atoms with Crippen molar-refractivity contribution < 1.29 is 0 Å². The third-order valence-electron chi connectivity index (χ3n) is 3.39. The Kier molecular flexibility index (Phi) is 3.13. The third-order valence-corrected chi connectivity index (χ3v) is 4.36. The van der Waals surface area contributed by atoms with Crippen LogP contribution in [0.2, 0.25) is 0 Å². The summed E-state index contributed by atoms with van der Waals surface area (Å²) in [4.78, 5) is 1.41. The van der Waals surface area contributed by atoms with Crippen molar-refractivity contribution in [2.75, 3.05) is 11.9 Å². The van der Waals surface area contributed by atoms with Gasteiger partial charge in [0.1, 0.15) is 5.82 Å². The number of rotatable bonds is 2. The summed E-state index contributed by atoms with van der Waals surface area (Å²) in [5.74, 6) is 1.17. The molecule has 3 nitrogen and oxygen atoms in total. The molecule has 19 heavy (non-hydrogen) atoms. The van der Waals surface area contributed by atoms with E-state index in [4.69, 9.17) is 5.10 Å². The number of nitrogens with zero attached hydrogens (tertiary/aromatic N) is 2. The number of fused-ring (bicyclic) bond motifs is 1. The Hall–Kier alpha value is -1.29. The summed E-state index contributed by atoms with van der Waals surface area (Å²) >= 11 is 1.83. The monoisotopic (exact) mass is 275 g/mol. The highest BCUT2D eigenvalue weighted by molar-refractivity contribution is 7.10. The second-order valence-electron chi connectivity index (χ2n) is 6.45. The van der Waals surface area contributed by atoms with Crippen molar-refractivity contribution in [3.05, 3.63) is 34.2 Å². The molecule has 3 heterocycles. The van der Waals surface area contributed by atoms with E-state index >= 15 is 0 Å². The van der Waals surface area contributed by atoms with Crippen LogP contribution in [0.15, 0.2) is 23.6 Å². The van der Waals surface area contributed by atoms with Crippen molar-refractivity contribution in [3.8, 4) is 0 Å². The van der Waals surface area contributed by atoms with E-state index in [2.05, 4.69) is 54.3 Å². The molecule has 2 aromatic rings. The van der Waals surface area contributed by atoms with Gasteiger partial charge in [-0.25, -0.2) is 4.68 Å². The topological polar surface area (TPSA) is 29.9 Å². The first-order valence-corrected chi connectivity index (χ1v) is 7.77. The van der Waals surface area contributed by atoms with Crippen molar-refractivity contribution in [2.45, 2.75) is 39.7 Å². The van der Waals surface area contributed by atoms with Crippen LogP contribution < -0.4 is 5.32 Å². The fourth-order valence-corrected chi connectivity index (χ4v) is 3.49. The van der Waals surface area contributed by atoms with Crippen LogP contribution in [-0.4, -0.2) is 16.3 Å². The molecule has 0 amide bonds. The molecule has 1 aliphatic rings. The second-order valence-corrected chi connectivity index (χ2v) is 7.43. The molecule has 0 fully saturated rings. The van der Waals surface area contributed by atoms with Gasteiger partial charge in [-0.15, -0.1) is 11.3 Å². The highest BCUT2D eigenvalue weighted by Gasteiger charge is 2.25. The van der Waals surface area contributed by atoms with Crippen molar-refractivity contribution in [1.29, 1.82) is 0 Å². The highest BCUT2D eigenvalue weighted by atomic mass is 32.1. The quantitative estimate of drug-likeness (QED) is 0.899. The van der Waals surface area contributed by atoms with Crippen LogP contribution in [0.3, 0.4) is 0 Å². The SMILES string of the molecule is CC(C)(C)Cc1cc2n(n1)C(c1cccs1)CCN2. The molecule has 3 rings (SSSR count). The van der Waals surface area contributed by atoms with Crippen molar-refractivity contribution in [2.24, 2.45) is 5.41 Å². The van der Waals surface area contributed by atoms with Gasteiger partial charge in [-0.1, -0.05) is 26.8 Å². The fourth-order valence-electron chi connectivity index (χ4n) is 2.65. The summed E-state index contributed by atoms with van der Waals surface area (Å²) in [5, 5.41) is 10.4. The van der Waals surface area contributed by atoms with Crippen LogP contribution in [0.5, 0.6) is 0 Å². The molecule has 2 aromatic heterocycles. The minimum Gasteiger partial charge on any atom is -0.370 e. The lowest BCUT2D eigenvalue weighted by molar-refractivity contribution is 0.399. The van der Waals surface area contributed by atoms with Gasteiger partial charge in [0, 0.05) is 17.5 Å². The van der Waals surface area contributed by atoms with Crippen LogP contribution in [0.25, 0.3) is 0 Å². The smallest absolute Gasteiger partial charge is 0.125 e. The van der Waals surface area contributed by atoms with E-state index in [0.29, 0.717) is 6.04 Å². The Morgan fingerprint density at radius 1 is 1.47 bits per heavy atom. The maximum Gasteiger partial charge on any atom is 0.125 e. The number of hydrogen-bond donors (Lipinski definition) is 1. The molecule has 1 atom stereocenters. The van der Waals surface area contributed by atoms with E-state index in [0.717, 1.165) is 19.4 Å². The zero-order chi connectivity index (χ0) is 13.5. The molecule has 0 saturated carbocycles. The fraction of sp³-hybridized carbons (Fsp3) is 0.533. The predicted molar refractivity (Wildman–Crippen MR) is 81.0 cm³/mol. The first-order chi connectivity index (χ1) is 9.03. The van der Waals surface area contributed by atoms with E-state index in [9.17, 15) is 0 Å². The van der Waals surface area contributed by atoms with Gasteiger partial charge in [-0.3, -0.25) is 0 Å². The minimum absolute atomic E-state index is 0.281. The van der Waals surface area contributed by atoms with E-state index in [1.807, 2.05) is 11.3 Å². The molecular formula is C15H21N3S. The maximum absolute atomic E-state index is 4.83. The van der Waals surface area contributed by atoms with E-state index in [-0.39, 0.29) is 5.41 Å². The number of thiophene rings is 1. The largest absolute Gasteiger partial charge is 0.370 e. The summed E-state index contributed by atoms with van der Waals surface area (Å²) in [6.07, 6.45) is 2.13. The van der Waals surface area contributed by atoms with Gasteiger partial charge in [0.05, 0.1) is 11.7 Å². The molecule has 0 bridgehead atoms. The molecule has 102 valence electrons. The molecule has 1 unspecified atom stereocenters. The van der Waals surface area contributed by atoms with Gasteiger partial charge in [-0.2, -0.15) is 5.10 Å². The summed E-state index contributed by atoms with van der Waals surface area (Å²) in [6, 6.07) is 6.96. The first kappa shape index (κ1) is 12.7. The Labute approximate surface area is 118 Å². The standard InChI is InChI=1S/C15H21N3S/c1-15(2,3)10-11-9-14-16-7-6-12(18(14)17-11)13-5-4-8-19-13/h4-5,8-9,12,16H,6-7,10H2,1-3H3. The maximum atomic E-state index is 4.83. The van der Waals surface area contributed by atoms with E-state index in [1.54, 1.807) is 0 Å². The predicted octanol–water partition coefficient (Wildman–Crippen LogP) is 3.94. The van der Waals surface area contributed by atoms with Gasteiger partial charge < -0.3 is 5.32 Å². The van der Waals surface area contributed by atoms with E-state index in [1.165, 1.54) is 16.4 Å². The molecule has 0 radical (unpaired) electrons. The Bertz CT molecular complexity index is 548. The van der Waals surface area contributed by atoms with Crippen LogP contribution in [0, 0.1) is 5.41 Å². The van der Waals surface area contributed by atoms with Crippen molar-refractivity contribution in [1.82, 2.24) is 9.78 Å². The average molecular weight is 275 g/mol. The molecule has 1 aliphatic heterocycles.